The summed E-state index contributed by atoms with van der Waals surface area (Å²) in [4.78, 5) is 14.7. The predicted molar refractivity (Wildman–Crippen MR) is 163 cm³/mol. The minimum atomic E-state index is 0.121. The van der Waals surface area contributed by atoms with Crippen molar-refractivity contribution in [3.8, 4) is 17.0 Å². The topological polar surface area (TPSA) is 50.8 Å². The van der Waals surface area contributed by atoms with Crippen LogP contribution >= 0.6 is 11.8 Å². The summed E-state index contributed by atoms with van der Waals surface area (Å²) in [7, 11) is 1.68. The fraction of sp³-hybridized carbons (Fsp3) is 0.294. The Balaban J connectivity index is 1.53. The van der Waals surface area contributed by atoms with Crippen molar-refractivity contribution in [2.24, 2.45) is 0 Å². The largest absolute Gasteiger partial charge is 0.497 e. The van der Waals surface area contributed by atoms with E-state index in [0.717, 1.165) is 50.2 Å². The van der Waals surface area contributed by atoms with Crippen molar-refractivity contribution >= 4 is 22.8 Å². The van der Waals surface area contributed by atoms with Crippen LogP contribution in [0.3, 0.4) is 0 Å². The molecule has 3 aromatic carbocycles. The van der Waals surface area contributed by atoms with E-state index in [0.29, 0.717) is 0 Å². The lowest BCUT2D eigenvalue weighted by molar-refractivity contribution is 0.415. The van der Waals surface area contributed by atoms with Gasteiger partial charge in [0.1, 0.15) is 11.4 Å². The number of aromatic nitrogens is 3. The average Bonchev–Trinajstić information content (AvgIpc) is 3.33. The molecule has 0 amide bonds. The number of H-pyrrole nitrogens is 1. The molecule has 0 bridgehead atoms. The van der Waals surface area contributed by atoms with E-state index in [-0.39, 0.29) is 10.8 Å². The SMILES string of the molecule is COc1ccc(-c2cc3c(Cc4ccc(C(C)(C)C)cc4)nc(Sc4ccc(C(C)(C)C)cc4)nc3[nH]2)cc1. The Hall–Kier alpha value is -3.57. The van der Waals surface area contributed by atoms with Gasteiger partial charge < -0.3 is 9.72 Å². The molecule has 0 saturated carbocycles. The molecule has 200 valence electrons. The monoisotopic (exact) mass is 535 g/mol. The lowest BCUT2D eigenvalue weighted by Gasteiger charge is -2.19. The first kappa shape index (κ1) is 27.0. The number of hydrogen-bond acceptors (Lipinski definition) is 4. The second kappa shape index (κ2) is 10.5. The Morgan fingerprint density at radius 2 is 1.33 bits per heavy atom. The number of nitrogens with one attached hydrogen (secondary N) is 1. The fourth-order valence-corrected chi connectivity index (χ4v) is 5.37. The Bertz CT molecular complexity index is 1570. The van der Waals surface area contributed by atoms with Gasteiger partial charge in [-0.1, -0.05) is 77.9 Å². The zero-order chi connectivity index (χ0) is 27.8. The van der Waals surface area contributed by atoms with E-state index in [1.807, 2.05) is 12.1 Å². The van der Waals surface area contributed by atoms with Crippen LogP contribution in [0.5, 0.6) is 5.75 Å². The van der Waals surface area contributed by atoms with Gasteiger partial charge in [0.05, 0.1) is 12.8 Å². The molecule has 0 aliphatic heterocycles. The molecule has 0 fully saturated rings. The van der Waals surface area contributed by atoms with Crippen LogP contribution in [0, 0.1) is 0 Å². The standard InChI is InChI=1S/C34H37N3OS/c1-33(2,3)24-12-8-22(9-13-24)20-30-28-21-29(23-10-16-26(38-7)17-11-23)35-31(28)37-32(36-30)39-27-18-14-25(15-19-27)34(4,5)6/h8-19,21H,20H2,1-7H3,(H,35,36,37). The van der Waals surface area contributed by atoms with Crippen molar-refractivity contribution in [1.29, 1.82) is 0 Å². The smallest absolute Gasteiger partial charge is 0.194 e. The molecule has 2 aromatic heterocycles. The molecule has 0 atom stereocenters. The van der Waals surface area contributed by atoms with Crippen molar-refractivity contribution in [1.82, 2.24) is 15.0 Å². The maximum absolute atomic E-state index is 5.34. The number of hydrogen-bond donors (Lipinski definition) is 1. The predicted octanol–water partition coefficient (Wildman–Crippen LogP) is 8.97. The summed E-state index contributed by atoms with van der Waals surface area (Å²) in [5.41, 5.74) is 8.11. The van der Waals surface area contributed by atoms with Crippen LogP contribution in [-0.2, 0) is 17.3 Å². The van der Waals surface area contributed by atoms with Crippen LogP contribution in [0.25, 0.3) is 22.3 Å². The number of benzene rings is 3. The highest BCUT2D eigenvalue weighted by Gasteiger charge is 2.17. The first-order valence-corrected chi connectivity index (χ1v) is 14.2. The van der Waals surface area contributed by atoms with E-state index in [1.54, 1.807) is 18.9 Å². The highest BCUT2D eigenvalue weighted by Crippen LogP contribution is 2.33. The van der Waals surface area contributed by atoms with Crippen molar-refractivity contribution < 1.29 is 4.74 Å². The highest BCUT2D eigenvalue weighted by atomic mass is 32.2. The zero-order valence-corrected chi connectivity index (χ0v) is 24.7. The molecule has 0 saturated heterocycles. The molecule has 0 spiro atoms. The summed E-state index contributed by atoms with van der Waals surface area (Å²) in [6.45, 7) is 13.4. The van der Waals surface area contributed by atoms with Crippen LogP contribution < -0.4 is 4.74 Å². The van der Waals surface area contributed by atoms with Gasteiger partial charge in [-0.05, 0) is 87.3 Å². The third-order valence-electron chi connectivity index (χ3n) is 7.07. The van der Waals surface area contributed by atoms with Crippen molar-refractivity contribution in [3.63, 3.8) is 0 Å². The molecule has 0 unspecified atom stereocenters. The van der Waals surface area contributed by atoms with Crippen molar-refractivity contribution in [2.75, 3.05) is 7.11 Å². The van der Waals surface area contributed by atoms with Gasteiger partial charge in [0, 0.05) is 22.4 Å². The fourth-order valence-electron chi connectivity index (χ4n) is 4.60. The van der Waals surface area contributed by atoms with E-state index in [4.69, 9.17) is 14.7 Å². The molecule has 39 heavy (non-hydrogen) atoms. The van der Waals surface area contributed by atoms with Gasteiger partial charge in [-0.2, -0.15) is 0 Å². The van der Waals surface area contributed by atoms with E-state index in [9.17, 15) is 0 Å². The maximum Gasteiger partial charge on any atom is 0.194 e. The lowest BCUT2D eigenvalue weighted by Crippen LogP contribution is -2.10. The van der Waals surface area contributed by atoms with Gasteiger partial charge in [0.2, 0.25) is 0 Å². The molecule has 1 N–H and O–H groups in total. The molecule has 5 rings (SSSR count). The molecular formula is C34H37N3OS. The summed E-state index contributed by atoms with van der Waals surface area (Å²) in [5.74, 6) is 0.838. The van der Waals surface area contributed by atoms with Gasteiger partial charge in [0.15, 0.2) is 5.16 Å². The number of fused-ring (bicyclic) bond motifs is 1. The molecule has 5 aromatic rings. The third kappa shape index (κ3) is 6.20. The first-order chi connectivity index (χ1) is 18.5. The van der Waals surface area contributed by atoms with E-state index in [2.05, 4.69) is 113 Å². The van der Waals surface area contributed by atoms with Crippen LogP contribution in [0.4, 0.5) is 0 Å². The number of aromatic amines is 1. The Morgan fingerprint density at radius 1 is 0.744 bits per heavy atom. The maximum atomic E-state index is 5.34. The van der Waals surface area contributed by atoms with Gasteiger partial charge in [-0.3, -0.25) is 0 Å². The Labute approximate surface area is 236 Å². The van der Waals surface area contributed by atoms with Gasteiger partial charge in [-0.15, -0.1) is 0 Å². The summed E-state index contributed by atoms with van der Waals surface area (Å²) in [5, 5.41) is 1.79. The molecule has 5 heteroatoms. The minimum Gasteiger partial charge on any atom is -0.497 e. The summed E-state index contributed by atoms with van der Waals surface area (Å²) in [6.07, 6.45) is 0.736. The molecule has 2 heterocycles. The number of nitrogens with zero attached hydrogens (tertiary/aromatic N) is 2. The summed E-state index contributed by atoms with van der Waals surface area (Å²) >= 11 is 1.60. The molecule has 4 nitrogen and oxygen atoms in total. The van der Waals surface area contributed by atoms with E-state index < -0.39 is 0 Å². The van der Waals surface area contributed by atoms with Gasteiger partial charge >= 0.3 is 0 Å². The van der Waals surface area contributed by atoms with Gasteiger partial charge in [0.25, 0.3) is 0 Å². The number of methoxy groups -OCH3 is 1. The van der Waals surface area contributed by atoms with Crippen molar-refractivity contribution in [2.45, 2.75) is 68.8 Å². The quantitative estimate of drug-likeness (QED) is 0.220. The van der Waals surface area contributed by atoms with Crippen LogP contribution in [0.15, 0.2) is 88.9 Å². The number of ether oxygens (including phenoxy) is 1. The third-order valence-corrected chi connectivity index (χ3v) is 7.94. The second-order valence-electron chi connectivity index (χ2n) is 12.1. The average molecular weight is 536 g/mol. The van der Waals surface area contributed by atoms with Crippen LogP contribution in [-0.4, -0.2) is 22.1 Å². The second-order valence-corrected chi connectivity index (χ2v) is 13.2. The molecule has 0 aliphatic rings. The molecule has 0 aliphatic carbocycles. The lowest BCUT2D eigenvalue weighted by atomic mass is 9.86. The molecule has 0 radical (unpaired) electrons. The summed E-state index contributed by atoms with van der Waals surface area (Å²) < 4.78 is 5.34. The van der Waals surface area contributed by atoms with E-state index >= 15 is 0 Å². The van der Waals surface area contributed by atoms with Crippen LogP contribution in [0.1, 0.15) is 63.9 Å². The highest BCUT2D eigenvalue weighted by molar-refractivity contribution is 7.99. The Kier molecular flexibility index (Phi) is 7.30. The van der Waals surface area contributed by atoms with Crippen molar-refractivity contribution in [3.05, 3.63) is 101 Å². The minimum absolute atomic E-state index is 0.121. The first-order valence-electron chi connectivity index (χ1n) is 13.4. The van der Waals surface area contributed by atoms with Crippen LogP contribution in [0.2, 0.25) is 0 Å². The Morgan fingerprint density at radius 3 is 1.90 bits per heavy atom. The normalized spacial score (nSPS) is 12.2. The van der Waals surface area contributed by atoms with Gasteiger partial charge in [-0.25, -0.2) is 9.97 Å². The van der Waals surface area contributed by atoms with E-state index in [1.165, 1.54) is 16.7 Å². The summed E-state index contributed by atoms with van der Waals surface area (Å²) in [6, 6.07) is 27.9. The number of rotatable bonds is 6. The molecular weight excluding hydrogens is 498 g/mol. The zero-order valence-electron chi connectivity index (χ0n) is 23.9.